The summed E-state index contributed by atoms with van der Waals surface area (Å²) in [4.78, 5) is 14.2. The van der Waals surface area contributed by atoms with Gasteiger partial charge in [-0.3, -0.25) is 4.79 Å². The zero-order valence-electron chi connectivity index (χ0n) is 10.2. The molecule has 0 bridgehead atoms. The second kappa shape index (κ2) is 4.67. The Morgan fingerprint density at radius 1 is 1.35 bits per heavy atom. The van der Waals surface area contributed by atoms with E-state index in [-0.39, 0.29) is 11.3 Å². The Kier molecular flexibility index (Phi) is 3.40. The van der Waals surface area contributed by atoms with E-state index in [9.17, 15) is 4.79 Å². The minimum atomic E-state index is -0.177. The summed E-state index contributed by atoms with van der Waals surface area (Å²) >= 11 is 5.80. The molecule has 0 radical (unpaired) electrons. The molecular weight excluding hydrogens is 236 g/mol. The highest BCUT2D eigenvalue weighted by Crippen LogP contribution is 2.46. The van der Waals surface area contributed by atoms with Crippen molar-refractivity contribution in [3.05, 3.63) is 29.3 Å². The Morgan fingerprint density at radius 3 is 2.41 bits per heavy atom. The van der Waals surface area contributed by atoms with Crippen LogP contribution < -0.4 is 5.32 Å². The van der Waals surface area contributed by atoms with E-state index in [1.165, 1.54) is 0 Å². The van der Waals surface area contributed by atoms with Crippen LogP contribution in [0.25, 0.3) is 0 Å². The number of benzene rings is 1. The maximum atomic E-state index is 12.1. The number of hydrogen-bond acceptors (Lipinski definition) is 2. The smallest absolute Gasteiger partial charge is 0.231 e. The van der Waals surface area contributed by atoms with E-state index in [4.69, 9.17) is 11.6 Å². The van der Waals surface area contributed by atoms with Gasteiger partial charge in [0.25, 0.3) is 0 Å². The lowest BCUT2D eigenvalue weighted by molar-refractivity contribution is -0.121. The molecule has 0 saturated heterocycles. The minimum absolute atomic E-state index is 0.119. The predicted octanol–water partition coefficient (Wildman–Crippen LogP) is 2.62. The van der Waals surface area contributed by atoms with Crippen LogP contribution in [0.3, 0.4) is 0 Å². The quantitative estimate of drug-likeness (QED) is 0.894. The van der Waals surface area contributed by atoms with Crippen LogP contribution >= 0.6 is 11.6 Å². The van der Waals surface area contributed by atoms with Crippen molar-refractivity contribution in [2.45, 2.75) is 12.8 Å². The van der Waals surface area contributed by atoms with Crippen LogP contribution in [0.15, 0.2) is 24.3 Å². The van der Waals surface area contributed by atoms with Crippen molar-refractivity contribution in [1.29, 1.82) is 0 Å². The standard InChI is InChI=1S/C13H17ClN2O/c1-16(2)9-13(7-8-13)12(17)15-11-5-3-10(14)4-6-11/h3-6H,7-9H2,1-2H3,(H,15,17). The average molecular weight is 253 g/mol. The molecule has 17 heavy (non-hydrogen) atoms. The van der Waals surface area contributed by atoms with Gasteiger partial charge in [-0.25, -0.2) is 0 Å². The van der Waals surface area contributed by atoms with Gasteiger partial charge in [0.05, 0.1) is 5.41 Å². The molecule has 1 N–H and O–H groups in total. The molecule has 92 valence electrons. The van der Waals surface area contributed by atoms with Crippen LogP contribution in [0.5, 0.6) is 0 Å². The summed E-state index contributed by atoms with van der Waals surface area (Å²) in [7, 11) is 3.99. The molecule has 1 aliphatic rings. The van der Waals surface area contributed by atoms with E-state index < -0.39 is 0 Å². The molecule has 0 spiro atoms. The number of anilines is 1. The summed E-state index contributed by atoms with van der Waals surface area (Å²) < 4.78 is 0. The number of carbonyl (C=O) groups excluding carboxylic acids is 1. The highest BCUT2D eigenvalue weighted by atomic mass is 35.5. The monoisotopic (exact) mass is 252 g/mol. The van der Waals surface area contributed by atoms with Crippen LogP contribution in [-0.4, -0.2) is 31.4 Å². The molecule has 0 unspecified atom stereocenters. The van der Waals surface area contributed by atoms with Crippen molar-refractivity contribution < 1.29 is 4.79 Å². The van der Waals surface area contributed by atoms with E-state index >= 15 is 0 Å². The van der Waals surface area contributed by atoms with Gasteiger partial charge in [0.15, 0.2) is 0 Å². The third-order valence-electron chi connectivity index (χ3n) is 3.06. The third-order valence-corrected chi connectivity index (χ3v) is 3.31. The average Bonchev–Trinajstić information content (AvgIpc) is 3.01. The van der Waals surface area contributed by atoms with Crippen molar-refractivity contribution in [2.75, 3.05) is 26.0 Å². The summed E-state index contributed by atoms with van der Waals surface area (Å²) in [5, 5.41) is 3.63. The number of carbonyl (C=O) groups is 1. The lowest BCUT2D eigenvalue weighted by atomic mass is 10.1. The fraction of sp³-hybridized carbons (Fsp3) is 0.462. The van der Waals surface area contributed by atoms with Crippen molar-refractivity contribution >= 4 is 23.2 Å². The summed E-state index contributed by atoms with van der Waals surface area (Å²) in [6.07, 6.45) is 1.95. The molecule has 3 nitrogen and oxygen atoms in total. The Hall–Kier alpha value is -1.06. The van der Waals surface area contributed by atoms with Crippen LogP contribution in [-0.2, 0) is 4.79 Å². The molecular formula is C13H17ClN2O. The topological polar surface area (TPSA) is 32.3 Å². The van der Waals surface area contributed by atoms with Crippen LogP contribution in [0.1, 0.15) is 12.8 Å². The van der Waals surface area contributed by atoms with Crippen molar-refractivity contribution in [3.63, 3.8) is 0 Å². The lowest BCUT2D eigenvalue weighted by Gasteiger charge is -2.19. The number of halogens is 1. The fourth-order valence-electron chi connectivity index (χ4n) is 2.01. The van der Waals surface area contributed by atoms with Crippen molar-refractivity contribution in [1.82, 2.24) is 4.90 Å². The highest BCUT2D eigenvalue weighted by Gasteiger charge is 2.49. The molecule has 1 aliphatic carbocycles. The summed E-state index contributed by atoms with van der Waals surface area (Å²) in [6, 6.07) is 7.21. The summed E-state index contributed by atoms with van der Waals surface area (Å²) in [6.45, 7) is 0.812. The molecule has 0 aliphatic heterocycles. The Balaban J connectivity index is 2.00. The van der Waals surface area contributed by atoms with Gasteiger partial charge in [0.1, 0.15) is 0 Å². The van der Waals surface area contributed by atoms with Crippen molar-refractivity contribution in [2.24, 2.45) is 5.41 Å². The first kappa shape index (κ1) is 12.4. The van der Waals surface area contributed by atoms with Crippen LogP contribution in [0.4, 0.5) is 5.69 Å². The first-order valence-corrected chi connectivity index (χ1v) is 6.11. The zero-order chi connectivity index (χ0) is 12.5. The molecule has 0 aromatic heterocycles. The van der Waals surface area contributed by atoms with Gasteiger partial charge in [0.2, 0.25) is 5.91 Å². The van der Waals surface area contributed by atoms with Crippen LogP contribution in [0.2, 0.25) is 5.02 Å². The Morgan fingerprint density at radius 2 is 1.94 bits per heavy atom. The predicted molar refractivity (Wildman–Crippen MR) is 70.3 cm³/mol. The highest BCUT2D eigenvalue weighted by molar-refractivity contribution is 6.30. The van der Waals surface area contributed by atoms with Gasteiger partial charge in [-0.1, -0.05) is 11.6 Å². The summed E-state index contributed by atoms with van der Waals surface area (Å²) in [5.74, 6) is 0.119. The van der Waals surface area contributed by atoms with E-state index in [0.717, 1.165) is 25.1 Å². The largest absolute Gasteiger partial charge is 0.326 e. The molecule has 0 atom stereocenters. The number of nitrogens with one attached hydrogen (secondary N) is 1. The van der Waals surface area contributed by atoms with Crippen molar-refractivity contribution in [3.8, 4) is 0 Å². The zero-order valence-corrected chi connectivity index (χ0v) is 10.9. The molecule has 0 heterocycles. The molecule has 2 rings (SSSR count). The first-order chi connectivity index (χ1) is 8.02. The van der Waals surface area contributed by atoms with Gasteiger partial charge in [0, 0.05) is 17.3 Å². The van der Waals surface area contributed by atoms with Gasteiger partial charge in [-0.05, 0) is 51.2 Å². The number of rotatable bonds is 4. The maximum absolute atomic E-state index is 12.1. The number of nitrogens with zero attached hydrogens (tertiary/aromatic N) is 1. The second-order valence-electron chi connectivity index (χ2n) is 4.98. The maximum Gasteiger partial charge on any atom is 0.231 e. The molecule has 4 heteroatoms. The molecule has 1 saturated carbocycles. The minimum Gasteiger partial charge on any atom is -0.326 e. The first-order valence-electron chi connectivity index (χ1n) is 5.74. The molecule has 1 amide bonds. The Labute approximate surface area is 107 Å². The van der Waals surface area contributed by atoms with Gasteiger partial charge >= 0.3 is 0 Å². The van der Waals surface area contributed by atoms with Crippen LogP contribution in [0, 0.1) is 5.41 Å². The number of hydrogen-bond donors (Lipinski definition) is 1. The summed E-state index contributed by atoms with van der Waals surface area (Å²) in [5.41, 5.74) is 0.632. The molecule has 1 aromatic rings. The van der Waals surface area contributed by atoms with Gasteiger partial charge in [-0.2, -0.15) is 0 Å². The molecule has 1 aromatic carbocycles. The lowest BCUT2D eigenvalue weighted by Crippen LogP contribution is -2.33. The van der Waals surface area contributed by atoms with E-state index in [2.05, 4.69) is 10.2 Å². The van der Waals surface area contributed by atoms with E-state index in [0.29, 0.717) is 5.02 Å². The second-order valence-corrected chi connectivity index (χ2v) is 5.42. The fourth-order valence-corrected chi connectivity index (χ4v) is 2.14. The van der Waals surface area contributed by atoms with E-state index in [1.54, 1.807) is 12.1 Å². The van der Waals surface area contributed by atoms with E-state index in [1.807, 2.05) is 26.2 Å². The third kappa shape index (κ3) is 2.99. The number of amides is 1. The Bertz CT molecular complexity index is 410. The molecule has 1 fully saturated rings. The SMILES string of the molecule is CN(C)CC1(C(=O)Nc2ccc(Cl)cc2)CC1. The van der Waals surface area contributed by atoms with Gasteiger partial charge in [-0.15, -0.1) is 0 Å². The normalized spacial score (nSPS) is 16.9. The van der Waals surface area contributed by atoms with Gasteiger partial charge < -0.3 is 10.2 Å².